The van der Waals surface area contributed by atoms with Gasteiger partial charge in [-0.3, -0.25) is 9.35 Å². The van der Waals surface area contributed by atoms with Crippen LogP contribution >= 0.6 is 0 Å². The highest BCUT2D eigenvalue weighted by molar-refractivity contribution is 7.89. The second kappa shape index (κ2) is 10.8. The molecule has 1 heterocycles. The molecule has 5 rings (SSSR count). The fraction of sp³-hybridized carbons (Fsp3) is 0.387. The van der Waals surface area contributed by atoms with Crippen molar-refractivity contribution in [2.45, 2.75) is 69.9 Å². The molecule has 0 bridgehead atoms. The zero-order chi connectivity index (χ0) is 27.8. The lowest BCUT2D eigenvalue weighted by Gasteiger charge is -2.48. The fourth-order valence-electron chi connectivity index (χ4n) is 6.68. The van der Waals surface area contributed by atoms with E-state index in [4.69, 9.17) is 0 Å². The second-order valence-corrected chi connectivity index (χ2v) is 12.2. The molecule has 2 aliphatic rings. The van der Waals surface area contributed by atoms with Crippen molar-refractivity contribution in [3.63, 3.8) is 0 Å². The number of aromatic nitrogens is 1. The molecule has 1 amide bonds. The van der Waals surface area contributed by atoms with Gasteiger partial charge in [0.25, 0.3) is 10.1 Å². The van der Waals surface area contributed by atoms with Crippen LogP contribution in [-0.2, 0) is 20.5 Å². The maximum absolute atomic E-state index is 12.9. The maximum atomic E-state index is 12.9. The van der Waals surface area contributed by atoms with Crippen LogP contribution in [0, 0.1) is 5.92 Å². The molecule has 1 saturated carbocycles. The number of anilines is 1. The molecule has 39 heavy (non-hydrogen) atoms. The van der Waals surface area contributed by atoms with Gasteiger partial charge in [-0.05, 0) is 67.7 Å². The lowest BCUT2D eigenvalue weighted by atomic mass is 9.67. The first kappa shape index (κ1) is 27.4. The summed E-state index contributed by atoms with van der Waals surface area (Å²) in [6.07, 6.45) is 9.05. The number of carbonyl (C=O) groups is 1. The minimum atomic E-state index is -4.66. The van der Waals surface area contributed by atoms with Crippen LogP contribution in [0.1, 0.15) is 63.9 Å². The van der Waals surface area contributed by atoms with Crippen molar-refractivity contribution in [1.29, 1.82) is 0 Å². The van der Waals surface area contributed by atoms with Crippen molar-refractivity contribution in [3.05, 3.63) is 89.0 Å². The van der Waals surface area contributed by atoms with Crippen molar-refractivity contribution in [1.82, 2.24) is 4.57 Å². The molecule has 7 nitrogen and oxygen atoms in total. The highest BCUT2D eigenvalue weighted by Gasteiger charge is 2.53. The Balaban J connectivity index is 1.63. The Labute approximate surface area is 230 Å². The Hall–Kier alpha value is -3.20. The predicted molar refractivity (Wildman–Crippen MR) is 154 cm³/mol. The van der Waals surface area contributed by atoms with Gasteiger partial charge in [0, 0.05) is 34.6 Å². The lowest BCUT2D eigenvalue weighted by molar-refractivity contribution is -0.120. The van der Waals surface area contributed by atoms with Crippen LogP contribution in [0.3, 0.4) is 0 Å². The minimum absolute atomic E-state index is 0.0364. The number of hydrogen-bond acceptors (Lipinski definition) is 4. The number of amides is 1. The summed E-state index contributed by atoms with van der Waals surface area (Å²) in [6, 6.07) is 17.3. The Morgan fingerprint density at radius 3 is 2.46 bits per heavy atom. The highest BCUT2D eigenvalue weighted by Crippen LogP contribution is 2.51. The lowest BCUT2D eigenvalue weighted by Crippen LogP contribution is -2.53. The molecule has 1 fully saturated rings. The molecule has 1 aromatic heterocycles. The van der Waals surface area contributed by atoms with Gasteiger partial charge in [-0.15, -0.1) is 0 Å². The Morgan fingerprint density at radius 2 is 1.79 bits per heavy atom. The van der Waals surface area contributed by atoms with E-state index in [-0.39, 0.29) is 17.7 Å². The summed E-state index contributed by atoms with van der Waals surface area (Å²) < 4.78 is 36.8. The van der Waals surface area contributed by atoms with E-state index in [9.17, 15) is 22.9 Å². The number of allylic oxidation sites excluding steroid dienone is 2. The fourth-order valence-corrected chi connectivity index (χ4v) is 7.39. The molecule has 2 aliphatic carbocycles. The molecular formula is C31H36N2O5S. The van der Waals surface area contributed by atoms with E-state index in [0.29, 0.717) is 12.1 Å². The minimum Gasteiger partial charge on any atom is -0.385 e. The van der Waals surface area contributed by atoms with Crippen LogP contribution in [0.25, 0.3) is 10.9 Å². The van der Waals surface area contributed by atoms with Gasteiger partial charge < -0.3 is 15.0 Å². The Bertz CT molecular complexity index is 1530. The summed E-state index contributed by atoms with van der Waals surface area (Å²) in [5.74, 6) is -0.240. The molecular weight excluding hydrogens is 512 g/mol. The molecule has 206 valence electrons. The predicted octanol–water partition coefficient (Wildman–Crippen LogP) is 6.14. The van der Waals surface area contributed by atoms with Crippen LogP contribution in [0.2, 0.25) is 0 Å². The van der Waals surface area contributed by atoms with Crippen LogP contribution in [0.4, 0.5) is 5.69 Å². The van der Waals surface area contributed by atoms with E-state index in [0.717, 1.165) is 47.7 Å². The molecule has 8 heteroatoms. The number of nitrogens with one attached hydrogen (secondary N) is 1. The third kappa shape index (κ3) is 4.86. The third-order valence-corrected chi connectivity index (χ3v) is 9.54. The van der Waals surface area contributed by atoms with E-state index in [2.05, 4.69) is 5.32 Å². The number of rotatable bonds is 7. The number of carbonyl (C=O) groups excluding carboxylic acids is 1. The summed E-state index contributed by atoms with van der Waals surface area (Å²) in [6.45, 7) is 3.89. The summed E-state index contributed by atoms with van der Waals surface area (Å²) in [5.41, 5.74) is 1.97. The highest BCUT2D eigenvalue weighted by atomic mass is 32.2. The first-order chi connectivity index (χ1) is 18.7. The van der Waals surface area contributed by atoms with E-state index >= 15 is 0 Å². The largest absolute Gasteiger partial charge is 0.385 e. The van der Waals surface area contributed by atoms with Crippen molar-refractivity contribution in [2.75, 3.05) is 5.32 Å². The number of hydrogen-bond donors (Lipinski definition) is 3. The topological polar surface area (TPSA) is 109 Å². The summed E-state index contributed by atoms with van der Waals surface area (Å²) in [5, 5.41) is 15.8. The SMILES string of the molecule is CCC(c1ccccc1)[C@]1(n2ccc3cc(NC(=O)C4CCCCC4)ccc32)C(C)=CC=C(S(=O)(=O)O)[C@H]1O. The molecule has 2 aromatic carbocycles. The number of benzene rings is 2. The summed E-state index contributed by atoms with van der Waals surface area (Å²) >= 11 is 0. The first-order valence-corrected chi connectivity index (χ1v) is 15.1. The van der Waals surface area contributed by atoms with Gasteiger partial charge >= 0.3 is 0 Å². The van der Waals surface area contributed by atoms with Crippen LogP contribution in [0.15, 0.2) is 83.4 Å². The van der Waals surface area contributed by atoms with Gasteiger partial charge in [0.1, 0.15) is 16.5 Å². The average molecular weight is 549 g/mol. The molecule has 0 spiro atoms. The van der Waals surface area contributed by atoms with E-state index < -0.39 is 26.7 Å². The number of fused-ring (bicyclic) bond motifs is 1. The normalized spacial score (nSPS) is 23.2. The van der Waals surface area contributed by atoms with Crippen molar-refractivity contribution < 1.29 is 22.9 Å². The number of nitrogens with zero attached hydrogens (tertiary/aromatic N) is 1. The van der Waals surface area contributed by atoms with Crippen molar-refractivity contribution in [2.24, 2.45) is 5.92 Å². The second-order valence-electron chi connectivity index (χ2n) is 10.8. The van der Waals surface area contributed by atoms with Crippen LogP contribution < -0.4 is 5.32 Å². The third-order valence-electron chi connectivity index (χ3n) is 8.59. The molecule has 1 unspecified atom stereocenters. The first-order valence-electron chi connectivity index (χ1n) is 13.7. The molecule has 3 aromatic rings. The zero-order valence-electron chi connectivity index (χ0n) is 22.4. The molecule has 0 aliphatic heterocycles. The molecule has 3 N–H and O–H groups in total. The van der Waals surface area contributed by atoms with Gasteiger partial charge in [-0.1, -0.05) is 62.6 Å². The molecule has 0 saturated heterocycles. The van der Waals surface area contributed by atoms with Gasteiger partial charge in [-0.2, -0.15) is 8.42 Å². The van der Waals surface area contributed by atoms with Crippen LogP contribution in [-0.4, -0.2) is 34.7 Å². The maximum Gasteiger partial charge on any atom is 0.293 e. The Morgan fingerprint density at radius 1 is 1.08 bits per heavy atom. The average Bonchev–Trinajstić information content (AvgIpc) is 3.34. The van der Waals surface area contributed by atoms with Crippen LogP contribution in [0.5, 0.6) is 0 Å². The smallest absolute Gasteiger partial charge is 0.293 e. The van der Waals surface area contributed by atoms with Crippen molar-refractivity contribution >= 4 is 32.6 Å². The van der Waals surface area contributed by atoms with Crippen molar-refractivity contribution in [3.8, 4) is 0 Å². The summed E-state index contributed by atoms with van der Waals surface area (Å²) in [7, 11) is -4.66. The number of aliphatic hydroxyl groups is 1. The Kier molecular flexibility index (Phi) is 7.55. The van der Waals surface area contributed by atoms with Gasteiger partial charge in [0.05, 0.1) is 0 Å². The van der Waals surface area contributed by atoms with Gasteiger partial charge in [-0.25, -0.2) is 0 Å². The van der Waals surface area contributed by atoms with E-state index in [1.165, 1.54) is 12.5 Å². The quantitative estimate of drug-likeness (QED) is 0.307. The van der Waals surface area contributed by atoms with E-state index in [1.807, 2.05) is 79.2 Å². The summed E-state index contributed by atoms with van der Waals surface area (Å²) in [4.78, 5) is 12.4. The zero-order valence-corrected chi connectivity index (χ0v) is 23.2. The molecule has 3 atom stereocenters. The van der Waals surface area contributed by atoms with E-state index in [1.54, 1.807) is 6.08 Å². The number of aliphatic hydroxyl groups excluding tert-OH is 1. The standard InChI is InChI=1S/C31H36N2O5S/c1-3-26(22-10-6-4-7-11-22)31(21(2)14-17-28(29(31)34)39(36,37)38)33-19-18-24-20-25(15-16-27(24)33)32-30(35)23-12-8-5-9-13-23/h4,6-7,10-11,14-20,23,26,29,34H,3,5,8-9,12-13H2,1-2H3,(H,32,35)(H,36,37,38)/t26?,29-,31-/m1/s1. The van der Waals surface area contributed by atoms with Gasteiger partial charge in [0.2, 0.25) is 5.91 Å². The van der Waals surface area contributed by atoms with Gasteiger partial charge in [0.15, 0.2) is 0 Å². The monoisotopic (exact) mass is 548 g/mol. The molecule has 0 radical (unpaired) electrons.